The number of hydrogen-bond acceptors (Lipinski definition) is 6. The third-order valence-corrected chi connectivity index (χ3v) is 6.36. The highest BCUT2D eigenvalue weighted by atomic mass is 32.2. The van der Waals surface area contributed by atoms with Crippen LogP contribution in [0, 0.1) is 5.92 Å². The third kappa shape index (κ3) is 3.73. The number of aromatic nitrogens is 1. The molecule has 4 heterocycles. The van der Waals surface area contributed by atoms with Crippen LogP contribution < -0.4 is 0 Å². The molecule has 1 saturated carbocycles. The third-order valence-electron chi connectivity index (χ3n) is 5.43. The molecular formula is C23H21N3O3S. The molecule has 1 fully saturated rings. The highest BCUT2D eigenvalue weighted by Crippen LogP contribution is 2.44. The first kappa shape index (κ1) is 18.9. The molecule has 0 aromatic carbocycles. The van der Waals surface area contributed by atoms with Crippen LogP contribution in [0.2, 0.25) is 0 Å². The Morgan fingerprint density at radius 3 is 2.83 bits per heavy atom. The fraction of sp³-hybridized carbons (Fsp3) is 0.261. The zero-order valence-corrected chi connectivity index (χ0v) is 17.1. The number of thioether (sulfide) groups is 1. The monoisotopic (exact) mass is 419 g/mol. The molecule has 3 aromatic heterocycles. The lowest BCUT2D eigenvalue weighted by Gasteiger charge is -2.27. The second-order valence-electron chi connectivity index (χ2n) is 7.32. The van der Waals surface area contributed by atoms with Crippen molar-refractivity contribution in [3.8, 4) is 0 Å². The Labute approximate surface area is 178 Å². The average molecular weight is 420 g/mol. The van der Waals surface area contributed by atoms with Gasteiger partial charge in [-0.3, -0.25) is 4.79 Å². The molecule has 1 aliphatic carbocycles. The summed E-state index contributed by atoms with van der Waals surface area (Å²) in [7, 11) is 0. The number of pyridine rings is 1. The average Bonchev–Trinajstić information content (AvgIpc) is 3.53. The minimum atomic E-state index is -0.216. The van der Waals surface area contributed by atoms with Gasteiger partial charge in [-0.1, -0.05) is 17.8 Å². The maximum Gasteiger partial charge on any atom is 0.253 e. The van der Waals surface area contributed by atoms with Crippen LogP contribution >= 0.6 is 11.8 Å². The van der Waals surface area contributed by atoms with Gasteiger partial charge in [0, 0.05) is 12.1 Å². The molecule has 5 rings (SSSR count). The van der Waals surface area contributed by atoms with Gasteiger partial charge in [0.25, 0.3) is 5.91 Å². The number of fused-ring (bicyclic) bond motifs is 1. The van der Waals surface area contributed by atoms with E-state index in [1.807, 2.05) is 48.5 Å². The molecule has 0 saturated heterocycles. The summed E-state index contributed by atoms with van der Waals surface area (Å²) in [6.45, 7) is 0. The van der Waals surface area contributed by atoms with Crippen LogP contribution in [0.5, 0.6) is 0 Å². The normalized spacial score (nSPS) is 22.2. The summed E-state index contributed by atoms with van der Waals surface area (Å²) in [4.78, 5) is 17.5. The molecule has 2 unspecified atom stereocenters. The van der Waals surface area contributed by atoms with Gasteiger partial charge in [-0.15, -0.1) is 0 Å². The standard InChI is InChI=1S/C23H21N3O3S/c27-21(15-30-20-10-1-2-11-24-20)26-23(19-9-5-13-29-19)18-8-3-6-16(22(18)25-26)14-17-7-4-12-28-17/h1-2,4-5,7,9-14,18,23H,3,6,8,15H2. The first-order chi connectivity index (χ1) is 14.8. The van der Waals surface area contributed by atoms with Crippen molar-refractivity contribution in [3.63, 3.8) is 0 Å². The van der Waals surface area contributed by atoms with E-state index in [4.69, 9.17) is 13.9 Å². The first-order valence-corrected chi connectivity index (χ1v) is 11.0. The van der Waals surface area contributed by atoms with E-state index in [2.05, 4.69) is 4.98 Å². The molecule has 1 amide bonds. The topological polar surface area (TPSA) is 71.8 Å². The minimum absolute atomic E-state index is 0.0497. The van der Waals surface area contributed by atoms with Crippen molar-refractivity contribution in [2.75, 3.05) is 5.75 Å². The Morgan fingerprint density at radius 1 is 1.17 bits per heavy atom. The SMILES string of the molecule is O=C(CSc1ccccn1)N1N=C2C(=Cc3ccco3)CCCC2C1c1ccco1. The number of allylic oxidation sites excluding steroid dienone is 1. The minimum Gasteiger partial charge on any atom is -0.467 e. The van der Waals surface area contributed by atoms with E-state index in [1.54, 1.807) is 23.7 Å². The first-order valence-electron chi connectivity index (χ1n) is 10.0. The summed E-state index contributed by atoms with van der Waals surface area (Å²) in [6.07, 6.45) is 10.0. The van der Waals surface area contributed by atoms with Gasteiger partial charge < -0.3 is 8.83 Å². The van der Waals surface area contributed by atoms with Gasteiger partial charge in [0.15, 0.2) is 0 Å². The second-order valence-corrected chi connectivity index (χ2v) is 8.32. The Hall–Kier alpha value is -3.06. The van der Waals surface area contributed by atoms with Gasteiger partial charge in [0.05, 0.1) is 29.0 Å². The van der Waals surface area contributed by atoms with Crippen LogP contribution in [-0.4, -0.2) is 27.4 Å². The van der Waals surface area contributed by atoms with Crippen molar-refractivity contribution < 1.29 is 13.6 Å². The molecule has 3 aromatic rings. The predicted molar refractivity (Wildman–Crippen MR) is 115 cm³/mol. The summed E-state index contributed by atoms with van der Waals surface area (Å²) < 4.78 is 11.2. The van der Waals surface area contributed by atoms with E-state index in [9.17, 15) is 4.79 Å². The van der Waals surface area contributed by atoms with Gasteiger partial charge >= 0.3 is 0 Å². The zero-order chi connectivity index (χ0) is 20.3. The molecule has 2 aliphatic rings. The van der Waals surface area contributed by atoms with Gasteiger partial charge in [0.2, 0.25) is 0 Å². The van der Waals surface area contributed by atoms with Crippen molar-refractivity contribution in [2.24, 2.45) is 11.0 Å². The van der Waals surface area contributed by atoms with Crippen LogP contribution in [-0.2, 0) is 4.79 Å². The number of nitrogens with zero attached hydrogens (tertiary/aromatic N) is 3. The number of carbonyl (C=O) groups excluding carboxylic acids is 1. The van der Waals surface area contributed by atoms with Crippen LogP contribution in [0.15, 0.2) is 85.7 Å². The van der Waals surface area contributed by atoms with E-state index >= 15 is 0 Å². The summed E-state index contributed by atoms with van der Waals surface area (Å²) in [6, 6.07) is 13.1. The zero-order valence-electron chi connectivity index (χ0n) is 16.3. The Morgan fingerprint density at radius 2 is 2.07 bits per heavy atom. The van der Waals surface area contributed by atoms with Gasteiger partial charge in [-0.05, 0) is 67.3 Å². The van der Waals surface area contributed by atoms with Gasteiger partial charge in [0.1, 0.15) is 17.6 Å². The van der Waals surface area contributed by atoms with Gasteiger partial charge in [-0.25, -0.2) is 9.99 Å². The lowest BCUT2D eigenvalue weighted by atomic mass is 9.79. The number of amides is 1. The smallest absolute Gasteiger partial charge is 0.253 e. The Bertz CT molecular complexity index is 1060. The number of furan rings is 2. The Kier molecular flexibility index (Phi) is 5.27. The second kappa shape index (κ2) is 8.36. The van der Waals surface area contributed by atoms with Crippen molar-refractivity contribution in [2.45, 2.75) is 30.3 Å². The lowest BCUT2D eigenvalue weighted by Crippen LogP contribution is -2.32. The lowest BCUT2D eigenvalue weighted by molar-refractivity contribution is -0.131. The summed E-state index contributed by atoms with van der Waals surface area (Å²) in [5.41, 5.74) is 2.10. The predicted octanol–water partition coefficient (Wildman–Crippen LogP) is 5.18. The van der Waals surface area contributed by atoms with Crippen molar-refractivity contribution in [3.05, 3.63) is 78.3 Å². The molecule has 7 heteroatoms. The van der Waals surface area contributed by atoms with Crippen LogP contribution in [0.4, 0.5) is 0 Å². The van der Waals surface area contributed by atoms with Crippen molar-refractivity contribution in [1.82, 2.24) is 9.99 Å². The number of rotatable bonds is 5. The van der Waals surface area contributed by atoms with Crippen molar-refractivity contribution >= 4 is 29.5 Å². The molecule has 152 valence electrons. The van der Waals surface area contributed by atoms with E-state index in [-0.39, 0.29) is 23.6 Å². The molecule has 0 bridgehead atoms. The fourth-order valence-electron chi connectivity index (χ4n) is 4.12. The quantitative estimate of drug-likeness (QED) is 0.533. The van der Waals surface area contributed by atoms with Crippen LogP contribution in [0.25, 0.3) is 6.08 Å². The summed E-state index contributed by atoms with van der Waals surface area (Å²) in [5, 5.41) is 7.26. The highest BCUT2D eigenvalue weighted by molar-refractivity contribution is 7.99. The van der Waals surface area contributed by atoms with Crippen LogP contribution in [0.1, 0.15) is 36.8 Å². The Balaban J connectivity index is 1.44. The van der Waals surface area contributed by atoms with E-state index in [0.29, 0.717) is 0 Å². The van der Waals surface area contributed by atoms with Gasteiger partial charge in [-0.2, -0.15) is 5.10 Å². The van der Waals surface area contributed by atoms with Crippen molar-refractivity contribution in [1.29, 1.82) is 0 Å². The molecule has 0 radical (unpaired) electrons. The number of carbonyl (C=O) groups is 1. The molecular weight excluding hydrogens is 398 g/mol. The highest BCUT2D eigenvalue weighted by Gasteiger charge is 2.45. The fourth-order valence-corrected chi connectivity index (χ4v) is 4.84. The molecule has 0 N–H and O–H groups in total. The number of hydrogen-bond donors (Lipinski definition) is 0. The summed E-state index contributed by atoms with van der Waals surface area (Å²) in [5.74, 6) is 1.92. The van der Waals surface area contributed by atoms with E-state index in [0.717, 1.165) is 47.1 Å². The largest absolute Gasteiger partial charge is 0.467 e. The molecule has 2 atom stereocenters. The molecule has 6 nitrogen and oxygen atoms in total. The number of hydrazone groups is 1. The summed E-state index contributed by atoms with van der Waals surface area (Å²) >= 11 is 1.42. The van der Waals surface area contributed by atoms with E-state index in [1.165, 1.54) is 11.8 Å². The maximum absolute atomic E-state index is 13.2. The molecule has 1 aliphatic heterocycles. The molecule has 0 spiro atoms. The molecule has 30 heavy (non-hydrogen) atoms. The van der Waals surface area contributed by atoms with Crippen LogP contribution in [0.3, 0.4) is 0 Å². The maximum atomic E-state index is 13.2. The van der Waals surface area contributed by atoms with E-state index < -0.39 is 0 Å².